The minimum absolute atomic E-state index is 0. The summed E-state index contributed by atoms with van der Waals surface area (Å²) in [4.78, 5) is 29.0. The van der Waals surface area contributed by atoms with Crippen LogP contribution in [0.1, 0.15) is 49.0 Å². The molecule has 2 aromatic rings. The molecule has 0 radical (unpaired) electrons. The Hall–Kier alpha value is -2.22. The fraction of sp³-hybridized carbons (Fsp3) is 0.381. The highest BCUT2D eigenvalue weighted by molar-refractivity contribution is 6.06. The van der Waals surface area contributed by atoms with Crippen molar-refractivity contribution < 1.29 is 14.0 Å². The summed E-state index contributed by atoms with van der Waals surface area (Å²) >= 11 is 0. The van der Waals surface area contributed by atoms with Gasteiger partial charge in [0, 0.05) is 12.6 Å². The molecule has 0 unspecified atom stereocenters. The van der Waals surface area contributed by atoms with Crippen molar-refractivity contribution in [1.82, 2.24) is 4.98 Å². The topological polar surface area (TPSA) is 97.1 Å². The first-order chi connectivity index (χ1) is 13.5. The minimum Gasteiger partial charge on any atom is -0.330 e. The maximum Gasteiger partial charge on any atom is 0.274 e. The quantitative estimate of drug-likeness (QED) is 0.593. The first kappa shape index (κ1) is 25.8. The highest BCUT2D eigenvalue weighted by atomic mass is 35.5. The van der Waals surface area contributed by atoms with E-state index in [1.807, 2.05) is 0 Å². The molecular weight excluding hydrogens is 430 g/mol. The van der Waals surface area contributed by atoms with E-state index in [1.54, 1.807) is 18.2 Å². The molecule has 1 aromatic heterocycles. The van der Waals surface area contributed by atoms with E-state index in [0.29, 0.717) is 12.2 Å². The Kier molecular flexibility index (Phi) is 10.2. The van der Waals surface area contributed by atoms with E-state index in [2.05, 4.69) is 15.6 Å². The van der Waals surface area contributed by atoms with Gasteiger partial charge in [0.2, 0.25) is 5.91 Å². The Bertz CT molecular complexity index is 846. The number of carbonyl (C=O) groups is 2. The van der Waals surface area contributed by atoms with Gasteiger partial charge in [0.05, 0.1) is 11.4 Å². The maximum absolute atomic E-state index is 13.8. The average Bonchev–Trinajstić information content (AvgIpc) is 2.71. The van der Waals surface area contributed by atoms with Gasteiger partial charge in [0.15, 0.2) is 0 Å². The van der Waals surface area contributed by atoms with Gasteiger partial charge in [0.1, 0.15) is 11.5 Å². The Balaban J connectivity index is 0.00000225. The number of nitrogens with one attached hydrogen (secondary N) is 2. The monoisotopic (exact) mass is 456 g/mol. The fourth-order valence-corrected chi connectivity index (χ4v) is 3.70. The zero-order chi connectivity index (χ0) is 20.0. The van der Waals surface area contributed by atoms with Crippen LogP contribution in [0, 0.1) is 11.2 Å². The standard InChI is InChI=1S/C21H25FN4O2.2ClH/c22-15-7-8-16(26-20(28)17-6-2-5-11-24-17)18(12-15)25-19(27)13-21(14-23)9-3-1-4-10-21;;/h2,5-8,11-12H,1,3-4,9-10,13-14,23H2,(H,25,27)(H,26,28);2*1H. The first-order valence-corrected chi connectivity index (χ1v) is 9.53. The fourth-order valence-electron chi connectivity index (χ4n) is 3.70. The summed E-state index contributed by atoms with van der Waals surface area (Å²) in [5.41, 5.74) is 6.52. The molecule has 3 rings (SSSR count). The van der Waals surface area contributed by atoms with Crippen molar-refractivity contribution in [1.29, 1.82) is 0 Å². The van der Waals surface area contributed by atoms with Gasteiger partial charge in [-0.25, -0.2) is 4.39 Å². The van der Waals surface area contributed by atoms with Gasteiger partial charge in [0.25, 0.3) is 5.91 Å². The smallest absolute Gasteiger partial charge is 0.274 e. The number of anilines is 2. The van der Waals surface area contributed by atoms with E-state index in [0.717, 1.165) is 32.1 Å². The van der Waals surface area contributed by atoms with Crippen molar-refractivity contribution in [2.75, 3.05) is 17.2 Å². The molecule has 4 N–H and O–H groups in total. The van der Waals surface area contributed by atoms with Crippen LogP contribution in [-0.2, 0) is 4.79 Å². The van der Waals surface area contributed by atoms with Crippen LogP contribution in [0.15, 0.2) is 42.6 Å². The Morgan fingerprint density at radius 2 is 1.77 bits per heavy atom. The van der Waals surface area contributed by atoms with Gasteiger partial charge < -0.3 is 16.4 Å². The summed E-state index contributed by atoms with van der Waals surface area (Å²) in [5.74, 6) is -1.17. The molecule has 1 heterocycles. The summed E-state index contributed by atoms with van der Waals surface area (Å²) in [6, 6.07) is 8.83. The van der Waals surface area contributed by atoms with Crippen LogP contribution in [0.2, 0.25) is 0 Å². The summed E-state index contributed by atoms with van der Waals surface area (Å²) in [6.45, 7) is 0.451. The lowest BCUT2D eigenvalue weighted by Crippen LogP contribution is -2.36. The van der Waals surface area contributed by atoms with E-state index in [1.165, 1.54) is 24.4 Å². The van der Waals surface area contributed by atoms with Crippen LogP contribution in [-0.4, -0.2) is 23.3 Å². The number of nitrogens with two attached hydrogens (primary N) is 1. The lowest BCUT2D eigenvalue weighted by molar-refractivity contribution is -0.118. The van der Waals surface area contributed by atoms with Gasteiger partial charge in [-0.15, -0.1) is 24.8 Å². The zero-order valence-electron chi connectivity index (χ0n) is 16.5. The van der Waals surface area contributed by atoms with Crippen molar-refractivity contribution in [3.63, 3.8) is 0 Å². The molecule has 0 bridgehead atoms. The Morgan fingerprint density at radius 3 is 2.40 bits per heavy atom. The van der Waals surface area contributed by atoms with Gasteiger partial charge >= 0.3 is 0 Å². The van der Waals surface area contributed by atoms with E-state index >= 15 is 0 Å². The number of rotatable bonds is 6. The number of hydrogen-bond acceptors (Lipinski definition) is 4. The third-order valence-corrected chi connectivity index (χ3v) is 5.28. The van der Waals surface area contributed by atoms with Gasteiger partial charge in [-0.2, -0.15) is 0 Å². The highest BCUT2D eigenvalue weighted by Gasteiger charge is 2.33. The summed E-state index contributed by atoms with van der Waals surface area (Å²) < 4.78 is 13.8. The van der Waals surface area contributed by atoms with Crippen LogP contribution < -0.4 is 16.4 Å². The number of benzene rings is 1. The number of hydrogen-bond donors (Lipinski definition) is 3. The average molecular weight is 457 g/mol. The minimum atomic E-state index is -0.502. The summed E-state index contributed by atoms with van der Waals surface area (Å²) in [6.07, 6.45) is 6.93. The van der Waals surface area contributed by atoms with Crippen molar-refractivity contribution in [2.24, 2.45) is 11.1 Å². The first-order valence-electron chi connectivity index (χ1n) is 9.53. The number of halogens is 3. The van der Waals surface area contributed by atoms with E-state index in [-0.39, 0.29) is 53.9 Å². The second-order valence-corrected chi connectivity index (χ2v) is 7.35. The third-order valence-electron chi connectivity index (χ3n) is 5.28. The lowest BCUT2D eigenvalue weighted by atomic mass is 9.71. The molecule has 0 aliphatic heterocycles. The van der Waals surface area contributed by atoms with Crippen LogP contribution in [0.4, 0.5) is 15.8 Å². The summed E-state index contributed by atoms with van der Waals surface area (Å²) in [5, 5.41) is 5.42. The maximum atomic E-state index is 13.8. The largest absolute Gasteiger partial charge is 0.330 e. The van der Waals surface area contributed by atoms with Crippen molar-refractivity contribution in [3.05, 3.63) is 54.1 Å². The number of pyridine rings is 1. The Labute approximate surface area is 188 Å². The SMILES string of the molecule is Cl.Cl.NCC1(CC(=O)Nc2cc(F)ccc2NC(=O)c2ccccn2)CCCCC1. The molecule has 0 saturated heterocycles. The second-order valence-electron chi connectivity index (χ2n) is 7.35. The van der Waals surface area contributed by atoms with Crippen LogP contribution >= 0.6 is 24.8 Å². The number of nitrogens with zero attached hydrogens (tertiary/aromatic N) is 1. The number of amides is 2. The lowest BCUT2D eigenvalue weighted by Gasteiger charge is -2.35. The normalized spacial score (nSPS) is 14.6. The van der Waals surface area contributed by atoms with Crippen LogP contribution in [0.5, 0.6) is 0 Å². The molecule has 1 aromatic carbocycles. The van der Waals surface area contributed by atoms with Gasteiger partial charge in [-0.1, -0.05) is 25.3 Å². The third kappa shape index (κ3) is 6.65. The molecule has 1 aliphatic carbocycles. The van der Waals surface area contributed by atoms with Crippen LogP contribution in [0.25, 0.3) is 0 Å². The molecule has 1 fully saturated rings. The van der Waals surface area contributed by atoms with Crippen molar-refractivity contribution in [2.45, 2.75) is 38.5 Å². The highest BCUT2D eigenvalue weighted by Crippen LogP contribution is 2.38. The van der Waals surface area contributed by atoms with E-state index in [9.17, 15) is 14.0 Å². The van der Waals surface area contributed by atoms with Crippen LogP contribution in [0.3, 0.4) is 0 Å². The molecule has 30 heavy (non-hydrogen) atoms. The molecule has 6 nitrogen and oxygen atoms in total. The predicted octanol–water partition coefficient (Wildman–Crippen LogP) is 4.55. The number of aromatic nitrogens is 1. The Morgan fingerprint density at radius 1 is 1.03 bits per heavy atom. The summed E-state index contributed by atoms with van der Waals surface area (Å²) in [7, 11) is 0. The molecule has 2 amide bonds. The molecule has 9 heteroatoms. The van der Waals surface area contributed by atoms with Crippen molar-refractivity contribution in [3.8, 4) is 0 Å². The second kappa shape index (κ2) is 11.8. The molecule has 1 saturated carbocycles. The van der Waals surface area contributed by atoms with Gasteiger partial charge in [-0.05, 0) is 55.1 Å². The number of carbonyl (C=O) groups excluding carboxylic acids is 2. The molecular formula is C21H27Cl2FN4O2. The predicted molar refractivity (Wildman–Crippen MR) is 121 cm³/mol. The molecule has 0 spiro atoms. The zero-order valence-corrected chi connectivity index (χ0v) is 18.2. The molecule has 0 atom stereocenters. The van der Waals surface area contributed by atoms with E-state index < -0.39 is 11.7 Å². The van der Waals surface area contributed by atoms with Crippen molar-refractivity contribution >= 4 is 48.0 Å². The van der Waals surface area contributed by atoms with E-state index in [4.69, 9.17) is 5.73 Å². The molecule has 164 valence electrons. The molecule has 1 aliphatic rings. The van der Waals surface area contributed by atoms with Gasteiger partial charge in [-0.3, -0.25) is 14.6 Å².